The number of unbranched alkanes of at least 4 members (excludes halogenated alkanes) is 1. The number of nitrogens with zero attached hydrogens (tertiary/aromatic N) is 1. The van der Waals surface area contributed by atoms with Crippen LogP contribution in [0, 0.1) is 5.92 Å². The van der Waals surface area contributed by atoms with Crippen LogP contribution in [0.1, 0.15) is 45.4 Å². The maximum absolute atomic E-state index is 11.7. The lowest BCUT2D eigenvalue weighted by molar-refractivity contribution is -0.137. The van der Waals surface area contributed by atoms with E-state index in [1.165, 1.54) is 0 Å². The van der Waals surface area contributed by atoms with Crippen molar-refractivity contribution in [3.63, 3.8) is 0 Å². The fraction of sp³-hybridized carbons (Fsp3) is 0.857. The van der Waals surface area contributed by atoms with Gasteiger partial charge in [0.1, 0.15) is 0 Å². The topological polar surface area (TPSA) is 69.6 Å². The van der Waals surface area contributed by atoms with Crippen LogP contribution in [-0.4, -0.2) is 48.1 Å². The first-order valence-corrected chi connectivity index (χ1v) is 7.32. The summed E-state index contributed by atoms with van der Waals surface area (Å²) in [5.41, 5.74) is 0. The predicted molar refractivity (Wildman–Crippen MR) is 74.0 cm³/mol. The molecule has 1 fully saturated rings. The smallest absolute Gasteiger partial charge is 0.303 e. The largest absolute Gasteiger partial charge is 0.481 e. The van der Waals surface area contributed by atoms with Gasteiger partial charge in [0.25, 0.3) is 0 Å². The first kappa shape index (κ1) is 16.0. The van der Waals surface area contributed by atoms with E-state index < -0.39 is 5.97 Å². The Kier molecular flexibility index (Phi) is 7.48. The van der Waals surface area contributed by atoms with Crippen LogP contribution >= 0.6 is 0 Å². The zero-order valence-corrected chi connectivity index (χ0v) is 11.9. The minimum atomic E-state index is -0.727. The highest BCUT2D eigenvalue weighted by atomic mass is 16.4. The van der Waals surface area contributed by atoms with Gasteiger partial charge in [-0.3, -0.25) is 14.5 Å². The Morgan fingerprint density at radius 1 is 1.42 bits per heavy atom. The molecule has 0 aromatic heterocycles. The first-order valence-electron chi connectivity index (χ1n) is 7.32. The Morgan fingerprint density at radius 2 is 2.21 bits per heavy atom. The van der Waals surface area contributed by atoms with Crippen LogP contribution in [0.2, 0.25) is 0 Å². The molecule has 0 bridgehead atoms. The summed E-state index contributed by atoms with van der Waals surface area (Å²) >= 11 is 0. The van der Waals surface area contributed by atoms with Crippen molar-refractivity contribution in [2.45, 2.75) is 45.4 Å². The molecule has 1 amide bonds. The van der Waals surface area contributed by atoms with Crippen molar-refractivity contribution in [2.24, 2.45) is 5.92 Å². The normalized spacial score (nSPS) is 20.2. The number of hydrogen-bond donors (Lipinski definition) is 2. The Morgan fingerprint density at radius 3 is 2.89 bits per heavy atom. The molecule has 1 aliphatic rings. The van der Waals surface area contributed by atoms with Crippen molar-refractivity contribution in [2.75, 3.05) is 26.2 Å². The number of amides is 1. The van der Waals surface area contributed by atoms with Crippen molar-refractivity contribution in [3.8, 4) is 0 Å². The van der Waals surface area contributed by atoms with Crippen LogP contribution in [0.25, 0.3) is 0 Å². The molecule has 1 saturated heterocycles. The maximum Gasteiger partial charge on any atom is 0.303 e. The van der Waals surface area contributed by atoms with Crippen LogP contribution in [0.3, 0.4) is 0 Å². The zero-order chi connectivity index (χ0) is 14.1. The molecule has 1 atom stereocenters. The van der Waals surface area contributed by atoms with E-state index in [-0.39, 0.29) is 12.3 Å². The van der Waals surface area contributed by atoms with Gasteiger partial charge in [0, 0.05) is 19.5 Å². The van der Waals surface area contributed by atoms with Crippen LogP contribution in [-0.2, 0) is 9.59 Å². The third-order valence-electron chi connectivity index (χ3n) is 3.59. The Labute approximate surface area is 115 Å². The molecule has 0 aromatic rings. The van der Waals surface area contributed by atoms with Crippen molar-refractivity contribution in [1.29, 1.82) is 0 Å². The Hall–Kier alpha value is -1.10. The van der Waals surface area contributed by atoms with Crippen LogP contribution in [0.15, 0.2) is 0 Å². The van der Waals surface area contributed by atoms with E-state index in [1.54, 1.807) is 0 Å². The molecule has 0 radical (unpaired) electrons. The van der Waals surface area contributed by atoms with Crippen molar-refractivity contribution >= 4 is 11.9 Å². The van der Waals surface area contributed by atoms with E-state index in [0.717, 1.165) is 51.7 Å². The molecule has 5 heteroatoms. The van der Waals surface area contributed by atoms with E-state index in [2.05, 4.69) is 17.1 Å². The number of rotatable bonds is 8. The average Bonchev–Trinajstić information content (AvgIpc) is 2.37. The van der Waals surface area contributed by atoms with Gasteiger partial charge in [-0.15, -0.1) is 0 Å². The summed E-state index contributed by atoms with van der Waals surface area (Å²) in [6.45, 7) is 5.11. The molecule has 1 heterocycles. The number of nitrogens with one attached hydrogen (secondary N) is 1. The zero-order valence-electron chi connectivity index (χ0n) is 11.9. The van der Waals surface area contributed by atoms with E-state index in [1.807, 2.05) is 0 Å². The minimum Gasteiger partial charge on any atom is -0.481 e. The number of carboxylic acid groups (broad SMARTS) is 1. The predicted octanol–water partition coefficient (Wildman–Crippen LogP) is 1.48. The Bertz CT molecular complexity index is 294. The van der Waals surface area contributed by atoms with Gasteiger partial charge in [-0.2, -0.15) is 0 Å². The first-order chi connectivity index (χ1) is 9.11. The van der Waals surface area contributed by atoms with Gasteiger partial charge in [0.2, 0.25) is 5.91 Å². The monoisotopic (exact) mass is 270 g/mol. The van der Waals surface area contributed by atoms with Gasteiger partial charge < -0.3 is 10.4 Å². The Balaban J connectivity index is 2.22. The second-order valence-corrected chi connectivity index (χ2v) is 5.38. The van der Waals surface area contributed by atoms with E-state index in [9.17, 15) is 9.59 Å². The van der Waals surface area contributed by atoms with Crippen molar-refractivity contribution < 1.29 is 14.7 Å². The quantitative estimate of drug-likeness (QED) is 0.655. The van der Waals surface area contributed by atoms with E-state index in [0.29, 0.717) is 12.5 Å². The number of carbonyl (C=O) groups is 2. The van der Waals surface area contributed by atoms with Gasteiger partial charge in [-0.05, 0) is 38.1 Å². The van der Waals surface area contributed by atoms with Gasteiger partial charge in [0.15, 0.2) is 0 Å². The number of piperidine rings is 1. The lowest BCUT2D eigenvalue weighted by Gasteiger charge is -2.32. The molecular formula is C14H26N2O3. The average molecular weight is 270 g/mol. The molecule has 0 spiro atoms. The van der Waals surface area contributed by atoms with Gasteiger partial charge in [-0.1, -0.05) is 13.3 Å². The van der Waals surface area contributed by atoms with E-state index >= 15 is 0 Å². The third kappa shape index (κ3) is 7.15. The summed E-state index contributed by atoms with van der Waals surface area (Å²) in [4.78, 5) is 24.4. The summed E-state index contributed by atoms with van der Waals surface area (Å²) < 4.78 is 0. The molecule has 0 aromatic carbocycles. The second kappa shape index (κ2) is 8.91. The lowest BCUT2D eigenvalue weighted by atomic mass is 9.93. The number of carboxylic acids is 1. The molecule has 1 rings (SSSR count). The molecule has 0 aliphatic carbocycles. The molecule has 5 nitrogen and oxygen atoms in total. The van der Waals surface area contributed by atoms with E-state index in [4.69, 9.17) is 5.11 Å². The van der Waals surface area contributed by atoms with Crippen LogP contribution < -0.4 is 5.32 Å². The van der Waals surface area contributed by atoms with Crippen molar-refractivity contribution in [1.82, 2.24) is 10.2 Å². The lowest BCUT2D eigenvalue weighted by Crippen LogP contribution is -2.42. The highest BCUT2D eigenvalue weighted by Gasteiger charge is 2.21. The molecule has 2 N–H and O–H groups in total. The summed E-state index contributed by atoms with van der Waals surface area (Å²) in [7, 11) is 0. The molecule has 0 saturated carbocycles. The number of hydrogen-bond acceptors (Lipinski definition) is 3. The van der Waals surface area contributed by atoms with Crippen LogP contribution in [0.4, 0.5) is 0 Å². The standard InChI is InChI=1S/C14H26N2O3/c1-2-3-8-15-13(17)11-16-9-4-5-12(10-16)6-7-14(18)19/h12H,2-11H2,1H3,(H,15,17)(H,18,19). The molecule has 110 valence electrons. The molecule has 1 aliphatic heterocycles. The fourth-order valence-corrected chi connectivity index (χ4v) is 2.52. The second-order valence-electron chi connectivity index (χ2n) is 5.38. The molecule has 19 heavy (non-hydrogen) atoms. The van der Waals surface area contributed by atoms with Gasteiger partial charge >= 0.3 is 5.97 Å². The highest BCUT2D eigenvalue weighted by molar-refractivity contribution is 5.77. The SMILES string of the molecule is CCCCNC(=O)CN1CCCC(CCC(=O)O)C1. The number of likely N-dealkylation sites (tertiary alicyclic amines) is 1. The number of aliphatic carboxylic acids is 1. The third-order valence-corrected chi connectivity index (χ3v) is 3.59. The van der Waals surface area contributed by atoms with Gasteiger partial charge in [-0.25, -0.2) is 0 Å². The summed E-state index contributed by atoms with van der Waals surface area (Å²) in [5.74, 6) is -0.213. The maximum atomic E-state index is 11.7. The summed E-state index contributed by atoms with van der Waals surface area (Å²) in [6.07, 6.45) is 5.21. The van der Waals surface area contributed by atoms with Crippen molar-refractivity contribution in [3.05, 3.63) is 0 Å². The molecular weight excluding hydrogens is 244 g/mol. The summed E-state index contributed by atoms with van der Waals surface area (Å²) in [6, 6.07) is 0. The highest BCUT2D eigenvalue weighted by Crippen LogP contribution is 2.20. The fourth-order valence-electron chi connectivity index (χ4n) is 2.52. The molecule has 1 unspecified atom stereocenters. The number of carbonyl (C=O) groups excluding carboxylic acids is 1. The summed E-state index contributed by atoms with van der Waals surface area (Å²) in [5, 5.41) is 11.6. The van der Waals surface area contributed by atoms with Gasteiger partial charge in [0.05, 0.1) is 6.54 Å². The minimum absolute atomic E-state index is 0.0901. The van der Waals surface area contributed by atoms with Crippen LogP contribution in [0.5, 0.6) is 0 Å².